The van der Waals surface area contributed by atoms with Crippen LogP contribution in [0.5, 0.6) is 0 Å². The normalized spacial score (nSPS) is 10.8. The Morgan fingerprint density at radius 2 is 2.29 bits per heavy atom. The minimum Gasteiger partial charge on any atom is -0.407 e. The van der Waals surface area contributed by atoms with Crippen LogP contribution < -0.4 is 11.1 Å². The monoisotopic (exact) mass is 348 g/mol. The van der Waals surface area contributed by atoms with Crippen LogP contribution in [-0.2, 0) is 11.3 Å². The van der Waals surface area contributed by atoms with Crippen LogP contribution in [0.4, 0.5) is 10.8 Å². The maximum Gasteiger partial charge on any atom is 0.419 e. The Kier molecular flexibility index (Phi) is 4.38. The number of nitrogens with zero attached hydrogens (tertiary/aromatic N) is 3. The van der Waals surface area contributed by atoms with E-state index in [0.29, 0.717) is 17.1 Å². The van der Waals surface area contributed by atoms with Gasteiger partial charge in [0.15, 0.2) is 10.7 Å². The van der Waals surface area contributed by atoms with E-state index in [1.54, 1.807) is 11.6 Å². The molecule has 0 spiro atoms. The number of hydrogen-bond donors (Lipinski definition) is 1. The number of hydrogen-bond acceptors (Lipinski definition) is 7. The maximum atomic E-state index is 11.9. The summed E-state index contributed by atoms with van der Waals surface area (Å²) in [6, 6.07) is 3.99. The van der Waals surface area contributed by atoms with Gasteiger partial charge in [-0.25, -0.2) is 9.78 Å². The highest BCUT2D eigenvalue weighted by atomic mass is 32.1. The number of carbonyl (C=O) groups is 1. The molecule has 0 bridgehead atoms. The Morgan fingerprint density at radius 3 is 3.00 bits per heavy atom. The minimum atomic E-state index is -0.606. The number of nitro benzene ring substituents is 1. The number of fused-ring (bicyclic) bond motifs is 1. The second kappa shape index (κ2) is 6.62. The van der Waals surface area contributed by atoms with E-state index in [1.807, 2.05) is 0 Å². The number of non-ortho nitro benzene ring substituents is 1. The van der Waals surface area contributed by atoms with Gasteiger partial charge in [-0.2, -0.15) is 0 Å². The van der Waals surface area contributed by atoms with Crippen LogP contribution in [0.3, 0.4) is 0 Å². The fourth-order valence-electron chi connectivity index (χ4n) is 2.25. The standard InChI is InChI=1S/C14H12N4O5S/c19-12(16-13-15-5-7-24-13)2-1-6-17-10-4-3-9(18(21)22)8-11(10)23-14(17)20/h3-5,7-8H,1-2,6H2,(H,15,16,19). The van der Waals surface area contributed by atoms with Crippen LogP contribution in [0.1, 0.15) is 12.8 Å². The molecule has 0 fully saturated rings. The lowest BCUT2D eigenvalue weighted by Crippen LogP contribution is -2.17. The van der Waals surface area contributed by atoms with Crippen LogP contribution in [0.2, 0.25) is 0 Å². The summed E-state index contributed by atoms with van der Waals surface area (Å²) in [6.45, 7) is 0.273. The molecule has 1 aromatic carbocycles. The van der Waals surface area contributed by atoms with Crippen molar-refractivity contribution in [3.63, 3.8) is 0 Å². The van der Waals surface area contributed by atoms with Crippen molar-refractivity contribution >= 4 is 39.2 Å². The average molecular weight is 348 g/mol. The van der Waals surface area contributed by atoms with E-state index in [4.69, 9.17) is 4.42 Å². The lowest BCUT2D eigenvalue weighted by Gasteiger charge is -2.03. The Morgan fingerprint density at radius 1 is 1.46 bits per heavy atom. The van der Waals surface area contributed by atoms with Crippen molar-refractivity contribution in [1.29, 1.82) is 0 Å². The van der Waals surface area contributed by atoms with Gasteiger partial charge in [0.1, 0.15) is 0 Å². The Hall–Kier alpha value is -3.01. The summed E-state index contributed by atoms with van der Waals surface area (Å²) in [5.41, 5.74) is 0.471. The topological polar surface area (TPSA) is 120 Å². The van der Waals surface area contributed by atoms with Gasteiger partial charge < -0.3 is 9.73 Å². The summed E-state index contributed by atoms with van der Waals surface area (Å²) in [7, 11) is 0. The van der Waals surface area contributed by atoms with Crippen molar-refractivity contribution in [3.8, 4) is 0 Å². The van der Waals surface area contributed by atoms with Gasteiger partial charge in [0.2, 0.25) is 5.91 Å². The lowest BCUT2D eigenvalue weighted by atomic mass is 10.2. The van der Waals surface area contributed by atoms with E-state index in [-0.39, 0.29) is 30.1 Å². The van der Waals surface area contributed by atoms with Crippen molar-refractivity contribution < 1.29 is 14.1 Å². The van der Waals surface area contributed by atoms with Gasteiger partial charge in [0, 0.05) is 30.6 Å². The molecule has 10 heteroatoms. The quantitative estimate of drug-likeness (QED) is 0.539. The number of rotatable bonds is 6. The second-order valence-electron chi connectivity index (χ2n) is 4.92. The molecule has 0 aliphatic heterocycles. The number of aromatic nitrogens is 2. The second-order valence-corrected chi connectivity index (χ2v) is 5.81. The molecule has 124 valence electrons. The predicted octanol–water partition coefficient (Wildman–Crippen LogP) is 2.38. The molecule has 0 saturated carbocycles. The fraction of sp³-hybridized carbons (Fsp3) is 0.214. The molecule has 9 nitrogen and oxygen atoms in total. The molecule has 3 rings (SSSR count). The molecule has 2 heterocycles. The number of oxazole rings is 1. The van der Waals surface area contributed by atoms with Crippen molar-refractivity contribution in [2.75, 3.05) is 5.32 Å². The zero-order chi connectivity index (χ0) is 17.1. The van der Waals surface area contributed by atoms with Crippen LogP contribution >= 0.6 is 11.3 Å². The molecule has 0 saturated heterocycles. The molecular weight excluding hydrogens is 336 g/mol. The van der Waals surface area contributed by atoms with Crippen molar-refractivity contribution in [2.24, 2.45) is 0 Å². The maximum absolute atomic E-state index is 11.9. The SMILES string of the molecule is O=C(CCCn1c(=O)oc2cc([N+](=O)[O-])ccc21)Nc1nccs1. The van der Waals surface area contributed by atoms with E-state index < -0.39 is 10.7 Å². The first kappa shape index (κ1) is 15.9. The number of aryl methyl sites for hydroxylation is 1. The first-order valence-corrected chi connectivity index (χ1v) is 7.89. The smallest absolute Gasteiger partial charge is 0.407 e. The number of amides is 1. The average Bonchev–Trinajstić information content (AvgIpc) is 3.14. The summed E-state index contributed by atoms with van der Waals surface area (Å²) in [5.74, 6) is -0.799. The summed E-state index contributed by atoms with van der Waals surface area (Å²) >= 11 is 1.32. The summed E-state index contributed by atoms with van der Waals surface area (Å²) in [6.07, 6.45) is 2.23. The third-order valence-electron chi connectivity index (χ3n) is 3.33. The molecule has 1 amide bonds. The van der Waals surface area contributed by atoms with E-state index in [0.717, 1.165) is 0 Å². The van der Waals surface area contributed by atoms with Gasteiger partial charge >= 0.3 is 5.76 Å². The van der Waals surface area contributed by atoms with Gasteiger partial charge in [-0.15, -0.1) is 11.3 Å². The first-order valence-electron chi connectivity index (χ1n) is 7.02. The molecule has 0 radical (unpaired) electrons. The van der Waals surface area contributed by atoms with E-state index in [9.17, 15) is 19.7 Å². The molecule has 3 aromatic rings. The number of anilines is 1. The van der Waals surface area contributed by atoms with Gasteiger partial charge in [-0.05, 0) is 12.5 Å². The molecule has 1 N–H and O–H groups in total. The lowest BCUT2D eigenvalue weighted by molar-refractivity contribution is -0.384. The van der Waals surface area contributed by atoms with Crippen LogP contribution in [0, 0.1) is 10.1 Å². The molecule has 2 aromatic heterocycles. The highest BCUT2D eigenvalue weighted by Gasteiger charge is 2.14. The van der Waals surface area contributed by atoms with E-state index in [1.165, 1.54) is 34.1 Å². The minimum absolute atomic E-state index is 0.147. The highest BCUT2D eigenvalue weighted by molar-refractivity contribution is 7.13. The highest BCUT2D eigenvalue weighted by Crippen LogP contribution is 2.20. The predicted molar refractivity (Wildman–Crippen MR) is 87.1 cm³/mol. The van der Waals surface area contributed by atoms with E-state index >= 15 is 0 Å². The molecule has 0 atom stereocenters. The number of carbonyl (C=O) groups excluding carboxylic acids is 1. The van der Waals surface area contributed by atoms with Crippen LogP contribution in [0.15, 0.2) is 39.0 Å². The third kappa shape index (κ3) is 3.33. The van der Waals surface area contributed by atoms with Gasteiger partial charge in [0.05, 0.1) is 16.5 Å². The van der Waals surface area contributed by atoms with Crippen LogP contribution in [-0.4, -0.2) is 20.4 Å². The Labute approximate surface area is 138 Å². The number of nitrogens with one attached hydrogen (secondary N) is 1. The molecule has 24 heavy (non-hydrogen) atoms. The Balaban J connectivity index is 1.67. The molecule has 0 aliphatic rings. The van der Waals surface area contributed by atoms with Gasteiger partial charge in [-0.1, -0.05) is 0 Å². The van der Waals surface area contributed by atoms with Crippen molar-refractivity contribution in [1.82, 2.24) is 9.55 Å². The third-order valence-corrected chi connectivity index (χ3v) is 4.02. The summed E-state index contributed by atoms with van der Waals surface area (Å²) in [4.78, 5) is 37.8. The summed E-state index contributed by atoms with van der Waals surface area (Å²) < 4.78 is 6.38. The molecule has 0 unspecified atom stereocenters. The number of nitro groups is 1. The largest absolute Gasteiger partial charge is 0.419 e. The molecule has 0 aliphatic carbocycles. The van der Waals surface area contributed by atoms with Gasteiger partial charge in [0.25, 0.3) is 5.69 Å². The zero-order valence-electron chi connectivity index (χ0n) is 12.3. The van der Waals surface area contributed by atoms with E-state index in [2.05, 4.69) is 10.3 Å². The van der Waals surface area contributed by atoms with Crippen LogP contribution in [0.25, 0.3) is 11.1 Å². The zero-order valence-corrected chi connectivity index (χ0v) is 13.1. The fourth-order valence-corrected chi connectivity index (χ4v) is 2.79. The summed E-state index contributed by atoms with van der Waals surface area (Å²) in [5, 5.41) is 15.7. The number of benzene rings is 1. The van der Waals surface area contributed by atoms with Gasteiger partial charge in [-0.3, -0.25) is 19.5 Å². The van der Waals surface area contributed by atoms with Crippen molar-refractivity contribution in [3.05, 3.63) is 50.4 Å². The first-order chi connectivity index (χ1) is 11.5. The number of thiazole rings is 1. The van der Waals surface area contributed by atoms with Crippen molar-refractivity contribution in [2.45, 2.75) is 19.4 Å². The molecular formula is C14H12N4O5S. The Bertz CT molecular complexity index is 944.